The molecule has 0 aliphatic rings. The second-order valence-corrected chi connectivity index (χ2v) is 13.0. The van der Waals surface area contributed by atoms with Gasteiger partial charge in [0.15, 0.2) is 0 Å². The van der Waals surface area contributed by atoms with Crippen LogP contribution in [0.4, 0.5) is 0 Å². The summed E-state index contributed by atoms with van der Waals surface area (Å²) < 4.78 is 8.06. The van der Waals surface area contributed by atoms with Crippen molar-refractivity contribution in [3.63, 3.8) is 0 Å². The van der Waals surface area contributed by atoms with Gasteiger partial charge in [-0.15, -0.1) is 0 Å². The molecule has 1 nitrogen and oxygen atoms in total. The van der Waals surface area contributed by atoms with E-state index in [1.807, 2.05) is 0 Å². The molecule has 0 amide bonds. The van der Waals surface area contributed by atoms with Crippen LogP contribution in [0.15, 0.2) is 121 Å². The zero-order valence-electron chi connectivity index (χ0n) is 28.3. The van der Waals surface area contributed by atoms with Gasteiger partial charge in [-0.3, -0.25) is 0 Å². The highest BCUT2D eigenvalue weighted by atomic mass is 16.5. The molecule has 0 N–H and O–H groups in total. The molecule has 45 heavy (non-hydrogen) atoms. The van der Waals surface area contributed by atoms with Crippen LogP contribution in [0, 0.1) is 0 Å². The van der Waals surface area contributed by atoms with Gasteiger partial charge in [0.2, 0.25) is 0 Å². The standard InChI is InChI=1S/C44H58O/c1-3-5-7-9-11-13-27-37-43(39-29-19-15-20-30-39,40-31-21-16-22-32-40)45-44(41-33-23-17-24-34-41,42-35-25-18-26-36-42)38-28-14-12-10-8-6-4-2/h15-26,29-36H,3-14,27-28,37-38H2,1-2H3. The molecule has 0 aliphatic heterocycles. The maximum Gasteiger partial charge on any atom is 0.120 e. The first kappa shape index (κ1) is 34.7. The monoisotopic (exact) mass is 602 g/mol. The molecule has 0 aromatic heterocycles. The molecule has 0 aliphatic carbocycles. The minimum atomic E-state index is -0.585. The van der Waals surface area contributed by atoms with Crippen molar-refractivity contribution < 1.29 is 4.74 Å². The summed E-state index contributed by atoms with van der Waals surface area (Å²) in [5, 5.41) is 0. The topological polar surface area (TPSA) is 9.23 Å². The minimum absolute atomic E-state index is 0.585. The Labute approximate surface area is 275 Å². The van der Waals surface area contributed by atoms with E-state index in [0.717, 1.165) is 25.7 Å². The number of hydrogen-bond donors (Lipinski definition) is 0. The van der Waals surface area contributed by atoms with Gasteiger partial charge in [-0.1, -0.05) is 212 Å². The summed E-state index contributed by atoms with van der Waals surface area (Å²) in [6.45, 7) is 4.59. The minimum Gasteiger partial charge on any atom is -0.350 e. The van der Waals surface area contributed by atoms with Gasteiger partial charge in [0.05, 0.1) is 0 Å². The summed E-state index contributed by atoms with van der Waals surface area (Å²) in [4.78, 5) is 0. The Kier molecular flexibility index (Phi) is 14.9. The van der Waals surface area contributed by atoms with Crippen LogP contribution in [0.25, 0.3) is 0 Å². The smallest absolute Gasteiger partial charge is 0.120 e. The number of benzene rings is 4. The van der Waals surface area contributed by atoms with Crippen LogP contribution in [-0.4, -0.2) is 0 Å². The Morgan fingerprint density at radius 1 is 0.333 bits per heavy atom. The Hall–Kier alpha value is -3.16. The number of unbranched alkanes of at least 4 members (excludes halogenated alkanes) is 12. The number of ether oxygens (including phenoxy) is 1. The van der Waals surface area contributed by atoms with E-state index in [-0.39, 0.29) is 0 Å². The number of rotatable bonds is 22. The van der Waals surface area contributed by atoms with E-state index in [0.29, 0.717) is 0 Å². The van der Waals surface area contributed by atoms with E-state index in [1.165, 1.54) is 99.3 Å². The summed E-state index contributed by atoms with van der Waals surface area (Å²) in [6, 6.07) is 44.4. The van der Waals surface area contributed by atoms with Gasteiger partial charge in [0.25, 0.3) is 0 Å². The summed E-state index contributed by atoms with van der Waals surface area (Å²) in [5.41, 5.74) is 3.82. The molecule has 0 heterocycles. The molecular formula is C44H58O. The zero-order valence-corrected chi connectivity index (χ0v) is 28.3. The summed E-state index contributed by atoms with van der Waals surface area (Å²) in [5.74, 6) is 0. The lowest BCUT2D eigenvalue weighted by Crippen LogP contribution is -2.43. The first-order valence-electron chi connectivity index (χ1n) is 18.2. The zero-order chi connectivity index (χ0) is 31.5. The van der Waals surface area contributed by atoms with Crippen molar-refractivity contribution in [1.29, 1.82) is 0 Å². The maximum atomic E-state index is 8.06. The first-order valence-corrected chi connectivity index (χ1v) is 18.2. The quantitative estimate of drug-likeness (QED) is 0.0813. The predicted octanol–water partition coefficient (Wildman–Crippen LogP) is 13.2. The second-order valence-electron chi connectivity index (χ2n) is 13.0. The van der Waals surface area contributed by atoms with E-state index in [1.54, 1.807) is 0 Å². The lowest BCUT2D eigenvalue weighted by atomic mass is 9.77. The van der Waals surface area contributed by atoms with Crippen LogP contribution < -0.4 is 0 Å². The molecular weight excluding hydrogens is 544 g/mol. The second kappa shape index (κ2) is 19.4. The molecule has 4 aromatic carbocycles. The van der Waals surface area contributed by atoms with Gasteiger partial charge in [-0.05, 0) is 47.9 Å². The Morgan fingerprint density at radius 3 is 0.844 bits per heavy atom. The van der Waals surface area contributed by atoms with Crippen LogP contribution in [0.3, 0.4) is 0 Å². The third-order valence-electron chi connectivity index (χ3n) is 9.57. The summed E-state index contributed by atoms with van der Waals surface area (Å²) >= 11 is 0. The molecule has 0 fully saturated rings. The molecule has 0 saturated carbocycles. The highest BCUT2D eigenvalue weighted by Gasteiger charge is 2.46. The van der Waals surface area contributed by atoms with Crippen LogP contribution in [0.1, 0.15) is 139 Å². The largest absolute Gasteiger partial charge is 0.350 e. The highest BCUT2D eigenvalue weighted by molar-refractivity contribution is 5.41. The fourth-order valence-electron chi connectivity index (χ4n) is 7.04. The van der Waals surface area contributed by atoms with Crippen molar-refractivity contribution in [3.8, 4) is 0 Å². The van der Waals surface area contributed by atoms with Crippen LogP contribution in [0.5, 0.6) is 0 Å². The summed E-state index contributed by atoms with van der Waals surface area (Å²) in [6.07, 6.45) is 19.8. The SMILES string of the molecule is CCCCCCCCCC(OC(CCCCCCCCC)(c1ccccc1)c1ccccc1)(c1ccccc1)c1ccccc1. The predicted molar refractivity (Wildman–Crippen MR) is 194 cm³/mol. The van der Waals surface area contributed by atoms with Crippen LogP contribution in [-0.2, 0) is 15.9 Å². The van der Waals surface area contributed by atoms with Crippen molar-refractivity contribution >= 4 is 0 Å². The van der Waals surface area contributed by atoms with Crippen LogP contribution in [0.2, 0.25) is 0 Å². The van der Waals surface area contributed by atoms with Crippen molar-refractivity contribution in [3.05, 3.63) is 144 Å². The van der Waals surface area contributed by atoms with Gasteiger partial charge in [-0.2, -0.15) is 0 Å². The third-order valence-corrected chi connectivity index (χ3v) is 9.57. The molecule has 4 aromatic rings. The molecule has 240 valence electrons. The molecule has 4 rings (SSSR count). The fraction of sp³-hybridized carbons (Fsp3) is 0.455. The highest BCUT2D eigenvalue weighted by Crippen LogP contribution is 2.49. The van der Waals surface area contributed by atoms with E-state index < -0.39 is 11.2 Å². The Bertz CT molecular complexity index is 1100. The molecule has 1 heteroatoms. The summed E-state index contributed by atoms with van der Waals surface area (Å²) in [7, 11) is 0. The Morgan fingerprint density at radius 2 is 0.578 bits per heavy atom. The maximum absolute atomic E-state index is 8.06. The average Bonchev–Trinajstić information content (AvgIpc) is 3.11. The van der Waals surface area contributed by atoms with Crippen LogP contribution >= 0.6 is 0 Å². The molecule has 0 spiro atoms. The molecule has 0 bridgehead atoms. The van der Waals surface area contributed by atoms with Crippen molar-refractivity contribution in [2.75, 3.05) is 0 Å². The average molecular weight is 603 g/mol. The first-order chi connectivity index (χ1) is 22.2. The molecule has 0 radical (unpaired) electrons. The molecule has 0 atom stereocenters. The van der Waals surface area contributed by atoms with Crippen molar-refractivity contribution in [2.24, 2.45) is 0 Å². The van der Waals surface area contributed by atoms with E-state index >= 15 is 0 Å². The van der Waals surface area contributed by atoms with E-state index in [2.05, 4.69) is 135 Å². The van der Waals surface area contributed by atoms with E-state index in [9.17, 15) is 0 Å². The lowest BCUT2D eigenvalue weighted by Gasteiger charge is -2.46. The molecule has 0 saturated heterocycles. The van der Waals surface area contributed by atoms with Crippen molar-refractivity contribution in [1.82, 2.24) is 0 Å². The fourth-order valence-corrected chi connectivity index (χ4v) is 7.04. The Balaban J connectivity index is 1.78. The van der Waals surface area contributed by atoms with Gasteiger partial charge >= 0.3 is 0 Å². The van der Waals surface area contributed by atoms with Gasteiger partial charge in [0.1, 0.15) is 11.2 Å². The van der Waals surface area contributed by atoms with Gasteiger partial charge < -0.3 is 4.74 Å². The lowest BCUT2D eigenvalue weighted by molar-refractivity contribution is -0.136. The third kappa shape index (κ3) is 9.91. The van der Waals surface area contributed by atoms with Crippen molar-refractivity contribution in [2.45, 2.75) is 128 Å². The normalized spacial score (nSPS) is 12.0. The van der Waals surface area contributed by atoms with Gasteiger partial charge in [-0.25, -0.2) is 0 Å². The van der Waals surface area contributed by atoms with E-state index in [4.69, 9.17) is 4.74 Å². The number of hydrogen-bond acceptors (Lipinski definition) is 1. The van der Waals surface area contributed by atoms with Gasteiger partial charge in [0, 0.05) is 0 Å². The molecule has 0 unspecified atom stereocenters.